The van der Waals surface area contributed by atoms with Crippen molar-refractivity contribution in [3.05, 3.63) is 113 Å². The number of allylic oxidation sites excluding steroid dienone is 2. The molecule has 2 heterocycles. The quantitative estimate of drug-likeness (QED) is 0.412. The van der Waals surface area contributed by atoms with Gasteiger partial charge in [0.15, 0.2) is 0 Å². The van der Waals surface area contributed by atoms with E-state index in [0.717, 1.165) is 22.6 Å². The maximum Gasteiger partial charge on any atom is 0.344 e. The molecule has 2 aromatic carbocycles. The molecular formula is C28H26N2O3. The molecule has 33 heavy (non-hydrogen) atoms. The summed E-state index contributed by atoms with van der Waals surface area (Å²) in [6.45, 7) is 4.35. The zero-order valence-corrected chi connectivity index (χ0v) is 18.8. The molecule has 1 aromatic heterocycles. The number of rotatable bonds is 7. The number of ether oxygens (including phenoxy) is 2. The number of carbonyl (C=O) groups excluding carboxylic acids is 1. The summed E-state index contributed by atoms with van der Waals surface area (Å²) in [6, 6.07) is 21.5. The molecule has 1 unspecified atom stereocenters. The molecular weight excluding hydrogens is 412 g/mol. The Kier molecular flexibility index (Phi) is 7.10. The minimum Gasteiger partial charge on any atom is -0.490 e. The van der Waals surface area contributed by atoms with Crippen LogP contribution >= 0.6 is 0 Å². The summed E-state index contributed by atoms with van der Waals surface area (Å²) in [6.07, 6.45) is 7.84. The van der Waals surface area contributed by atoms with E-state index >= 15 is 0 Å². The normalized spacial score (nSPS) is 15.9. The van der Waals surface area contributed by atoms with E-state index in [1.807, 2.05) is 68.5 Å². The average molecular weight is 439 g/mol. The Balaban J connectivity index is 1.44. The van der Waals surface area contributed by atoms with Crippen LogP contribution in [0.5, 0.6) is 5.75 Å². The van der Waals surface area contributed by atoms with Gasteiger partial charge in [-0.25, -0.2) is 4.79 Å². The van der Waals surface area contributed by atoms with Gasteiger partial charge >= 0.3 is 5.97 Å². The Hall–Kier alpha value is -3.99. The summed E-state index contributed by atoms with van der Waals surface area (Å²) in [5.74, 6) is 0.846. The number of esters is 1. The number of benzene rings is 2. The molecule has 0 saturated heterocycles. The van der Waals surface area contributed by atoms with Crippen molar-refractivity contribution in [2.45, 2.75) is 26.2 Å². The Morgan fingerprint density at radius 1 is 1.03 bits per heavy atom. The standard InChI is InChI=1S/C28H26N2O3/c1-20-18-26(27(21(2)30-20)33-28(31)24-11-6-16-29-19-24)23-12-14-25(15-13-23)32-17-7-10-22-8-4-3-5-9-22/h3-16,19,26H,17-18H2,1-2H3. The first-order valence-corrected chi connectivity index (χ1v) is 10.9. The van der Waals surface area contributed by atoms with E-state index in [0.29, 0.717) is 30.0 Å². The first kappa shape index (κ1) is 22.2. The highest BCUT2D eigenvalue weighted by Crippen LogP contribution is 2.36. The van der Waals surface area contributed by atoms with Gasteiger partial charge in [-0.3, -0.25) is 9.98 Å². The number of hydrogen-bond donors (Lipinski definition) is 0. The maximum absolute atomic E-state index is 12.6. The van der Waals surface area contributed by atoms with Gasteiger partial charge < -0.3 is 9.47 Å². The number of carbonyl (C=O) groups is 1. The molecule has 1 aliphatic rings. The Bertz CT molecular complexity index is 1180. The molecule has 0 bridgehead atoms. The van der Waals surface area contributed by atoms with Gasteiger partial charge in [0.1, 0.15) is 18.1 Å². The Morgan fingerprint density at radius 3 is 2.55 bits per heavy atom. The molecule has 0 N–H and O–H groups in total. The van der Waals surface area contributed by atoms with Gasteiger partial charge in [0, 0.05) is 24.0 Å². The molecule has 0 aliphatic carbocycles. The molecule has 5 heteroatoms. The van der Waals surface area contributed by atoms with Crippen molar-refractivity contribution in [2.75, 3.05) is 6.61 Å². The van der Waals surface area contributed by atoms with Crippen molar-refractivity contribution in [3.63, 3.8) is 0 Å². The minimum atomic E-state index is -0.428. The van der Waals surface area contributed by atoms with Crippen LogP contribution in [0, 0.1) is 0 Å². The number of nitrogens with zero attached hydrogens (tertiary/aromatic N) is 2. The van der Waals surface area contributed by atoms with E-state index in [1.165, 1.54) is 6.20 Å². The van der Waals surface area contributed by atoms with E-state index in [-0.39, 0.29) is 5.92 Å². The topological polar surface area (TPSA) is 60.8 Å². The van der Waals surface area contributed by atoms with Crippen LogP contribution in [-0.4, -0.2) is 23.3 Å². The van der Waals surface area contributed by atoms with E-state index in [2.05, 4.69) is 22.1 Å². The fourth-order valence-corrected chi connectivity index (χ4v) is 3.77. The molecule has 0 fully saturated rings. The molecule has 0 saturated carbocycles. The lowest BCUT2D eigenvalue weighted by Gasteiger charge is -2.25. The second kappa shape index (κ2) is 10.6. The molecule has 1 atom stereocenters. The molecule has 0 amide bonds. The lowest BCUT2D eigenvalue weighted by molar-refractivity contribution is 0.0598. The highest BCUT2D eigenvalue weighted by atomic mass is 16.5. The van der Waals surface area contributed by atoms with Gasteiger partial charge in [0.2, 0.25) is 0 Å². The van der Waals surface area contributed by atoms with Crippen LogP contribution in [-0.2, 0) is 4.74 Å². The van der Waals surface area contributed by atoms with Crippen molar-refractivity contribution in [1.82, 2.24) is 4.98 Å². The van der Waals surface area contributed by atoms with Crippen LogP contribution in [0.1, 0.15) is 47.7 Å². The van der Waals surface area contributed by atoms with Gasteiger partial charge in [-0.2, -0.15) is 0 Å². The fraction of sp³-hybridized carbons (Fsp3) is 0.179. The van der Waals surface area contributed by atoms with E-state index in [9.17, 15) is 4.79 Å². The van der Waals surface area contributed by atoms with Crippen molar-refractivity contribution >= 4 is 17.8 Å². The number of aromatic nitrogens is 1. The second-order valence-corrected chi connectivity index (χ2v) is 7.88. The zero-order chi connectivity index (χ0) is 23.0. The predicted octanol–water partition coefficient (Wildman–Crippen LogP) is 6.21. The van der Waals surface area contributed by atoms with Crippen molar-refractivity contribution in [3.8, 4) is 5.75 Å². The fourth-order valence-electron chi connectivity index (χ4n) is 3.77. The third kappa shape index (κ3) is 5.83. The first-order valence-electron chi connectivity index (χ1n) is 10.9. The van der Waals surface area contributed by atoms with Crippen LogP contribution in [0.2, 0.25) is 0 Å². The summed E-state index contributed by atoms with van der Waals surface area (Å²) in [5.41, 5.74) is 4.32. The summed E-state index contributed by atoms with van der Waals surface area (Å²) < 4.78 is 11.7. The molecule has 1 aliphatic heterocycles. The average Bonchev–Trinajstić information content (AvgIpc) is 2.85. The number of hydrogen-bond acceptors (Lipinski definition) is 5. The van der Waals surface area contributed by atoms with E-state index in [4.69, 9.17) is 9.47 Å². The molecule has 0 radical (unpaired) electrons. The zero-order valence-electron chi connectivity index (χ0n) is 18.8. The molecule has 166 valence electrons. The number of pyridine rings is 1. The van der Waals surface area contributed by atoms with E-state index < -0.39 is 5.97 Å². The summed E-state index contributed by atoms with van der Waals surface area (Å²) >= 11 is 0. The summed E-state index contributed by atoms with van der Waals surface area (Å²) in [7, 11) is 0. The summed E-state index contributed by atoms with van der Waals surface area (Å²) in [5, 5.41) is 0. The van der Waals surface area contributed by atoms with Crippen LogP contribution < -0.4 is 4.74 Å². The predicted molar refractivity (Wildman–Crippen MR) is 130 cm³/mol. The van der Waals surface area contributed by atoms with E-state index in [1.54, 1.807) is 18.3 Å². The van der Waals surface area contributed by atoms with Crippen LogP contribution in [0.4, 0.5) is 0 Å². The lowest BCUT2D eigenvalue weighted by Crippen LogP contribution is -2.18. The maximum atomic E-state index is 12.6. The van der Waals surface area contributed by atoms with Gasteiger partial charge in [-0.15, -0.1) is 0 Å². The first-order chi connectivity index (χ1) is 16.1. The van der Waals surface area contributed by atoms with Gasteiger partial charge in [0.05, 0.1) is 11.3 Å². The second-order valence-electron chi connectivity index (χ2n) is 7.88. The van der Waals surface area contributed by atoms with Gasteiger partial charge in [0.25, 0.3) is 0 Å². The van der Waals surface area contributed by atoms with Crippen LogP contribution in [0.25, 0.3) is 6.08 Å². The van der Waals surface area contributed by atoms with Crippen molar-refractivity contribution < 1.29 is 14.3 Å². The Morgan fingerprint density at radius 2 is 1.82 bits per heavy atom. The van der Waals surface area contributed by atoms with Crippen molar-refractivity contribution in [1.29, 1.82) is 0 Å². The third-order valence-corrected chi connectivity index (χ3v) is 5.37. The number of aliphatic imine (C=N–C) groups is 1. The van der Waals surface area contributed by atoms with Crippen LogP contribution in [0.3, 0.4) is 0 Å². The molecule has 3 aromatic rings. The largest absolute Gasteiger partial charge is 0.490 e. The van der Waals surface area contributed by atoms with Crippen LogP contribution in [0.15, 0.2) is 102 Å². The Labute approximate surface area is 194 Å². The molecule has 5 nitrogen and oxygen atoms in total. The molecule has 4 rings (SSSR count). The van der Waals surface area contributed by atoms with Gasteiger partial charge in [-0.1, -0.05) is 48.5 Å². The van der Waals surface area contributed by atoms with Gasteiger partial charge in [-0.05, 0) is 61.7 Å². The summed E-state index contributed by atoms with van der Waals surface area (Å²) in [4.78, 5) is 21.2. The smallest absolute Gasteiger partial charge is 0.344 e. The lowest BCUT2D eigenvalue weighted by atomic mass is 9.89. The molecule has 0 spiro atoms. The van der Waals surface area contributed by atoms with Crippen molar-refractivity contribution in [2.24, 2.45) is 4.99 Å². The minimum absolute atomic E-state index is 0.0878. The third-order valence-electron chi connectivity index (χ3n) is 5.37. The monoisotopic (exact) mass is 438 g/mol. The highest BCUT2D eigenvalue weighted by Gasteiger charge is 2.28. The SMILES string of the molecule is CC1=NC(C)=C(OC(=O)c2cccnc2)C(c2ccc(OCC=Cc3ccccc3)cc2)C1. The highest BCUT2D eigenvalue weighted by molar-refractivity contribution is 5.90.